The molecule has 16 heavy (non-hydrogen) atoms. The van der Waals surface area contributed by atoms with Gasteiger partial charge in [-0.3, -0.25) is 14.5 Å². The van der Waals surface area contributed by atoms with Gasteiger partial charge in [0.25, 0.3) is 0 Å². The molecule has 0 aliphatic carbocycles. The largest absolute Gasteiger partial charge is 0.465 e. The van der Waals surface area contributed by atoms with Gasteiger partial charge >= 0.3 is 6.09 Å². The Labute approximate surface area is 92.6 Å². The van der Waals surface area contributed by atoms with Crippen LogP contribution >= 0.6 is 0 Å². The van der Waals surface area contributed by atoms with Crippen LogP contribution in [0.3, 0.4) is 0 Å². The van der Waals surface area contributed by atoms with E-state index in [0.29, 0.717) is 32.1 Å². The molecule has 0 aromatic carbocycles. The predicted octanol–water partition coefficient (Wildman–Crippen LogP) is 0.326. The summed E-state index contributed by atoms with van der Waals surface area (Å²) in [7, 11) is 0. The number of nitrogens with zero attached hydrogens (tertiary/aromatic N) is 1. The zero-order valence-corrected chi connectivity index (χ0v) is 8.86. The van der Waals surface area contributed by atoms with E-state index in [1.165, 1.54) is 4.90 Å². The molecule has 0 atom stereocenters. The average Bonchev–Trinajstić information content (AvgIpc) is 2.68. The fraction of sp³-hybridized carbons (Fsp3) is 0.700. The number of amides is 3. The van der Waals surface area contributed by atoms with Crippen LogP contribution in [0.1, 0.15) is 32.1 Å². The van der Waals surface area contributed by atoms with Gasteiger partial charge in [0.1, 0.15) is 0 Å². The molecule has 88 valence electrons. The predicted molar refractivity (Wildman–Crippen MR) is 53.7 cm³/mol. The molecule has 2 aliphatic rings. The van der Waals surface area contributed by atoms with Crippen LogP contribution in [0.2, 0.25) is 0 Å². The highest BCUT2D eigenvalue weighted by Crippen LogP contribution is 2.42. The summed E-state index contributed by atoms with van der Waals surface area (Å²) in [4.78, 5) is 34.8. The molecular weight excluding hydrogens is 212 g/mol. The Hall–Kier alpha value is -1.59. The molecule has 0 aromatic heterocycles. The lowest BCUT2D eigenvalue weighted by Gasteiger charge is -2.30. The summed E-state index contributed by atoms with van der Waals surface area (Å²) in [6.07, 6.45) is 1.59. The van der Waals surface area contributed by atoms with Gasteiger partial charge in [0.2, 0.25) is 11.8 Å². The van der Waals surface area contributed by atoms with Gasteiger partial charge in [-0.1, -0.05) is 0 Å². The van der Waals surface area contributed by atoms with Crippen molar-refractivity contribution in [1.29, 1.82) is 0 Å². The number of carboxylic acid groups (broad SMARTS) is 1. The number of nitrogens with one attached hydrogen (secondary N) is 1. The summed E-state index contributed by atoms with van der Waals surface area (Å²) in [5.74, 6) is -0.226. The van der Waals surface area contributed by atoms with Crippen LogP contribution in [0.4, 0.5) is 4.79 Å². The molecular formula is C10H14N2O4. The summed E-state index contributed by atoms with van der Waals surface area (Å²) in [6.45, 7) is 0.284. The van der Waals surface area contributed by atoms with Crippen molar-refractivity contribution in [3.05, 3.63) is 0 Å². The average molecular weight is 226 g/mol. The van der Waals surface area contributed by atoms with Gasteiger partial charge in [0.05, 0.1) is 5.54 Å². The van der Waals surface area contributed by atoms with Crippen molar-refractivity contribution >= 4 is 17.9 Å². The maximum absolute atomic E-state index is 11.5. The van der Waals surface area contributed by atoms with Crippen LogP contribution in [0.15, 0.2) is 0 Å². The lowest BCUT2D eigenvalue weighted by molar-refractivity contribution is -0.142. The summed E-state index contributed by atoms with van der Waals surface area (Å²) in [6, 6.07) is 0. The Morgan fingerprint density at radius 1 is 1.31 bits per heavy atom. The molecule has 0 spiro atoms. The lowest BCUT2D eigenvalue weighted by Crippen LogP contribution is -2.44. The quantitative estimate of drug-likeness (QED) is 0.679. The molecule has 0 saturated carbocycles. The Morgan fingerprint density at radius 3 is 2.38 bits per heavy atom. The van der Waals surface area contributed by atoms with Crippen molar-refractivity contribution in [2.45, 2.75) is 37.6 Å². The molecule has 2 saturated heterocycles. The van der Waals surface area contributed by atoms with E-state index in [1.54, 1.807) is 0 Å². The Morgan fingerprint density at radius 2 is 1.88 bits per heavy atom. The van der Waals surface area contributed by atoms with Gasteiger partial charge in [0, 0.05) is 19.4 Å². The number of fused-ring (bicyclic) bond motifs is 1. The summed E-state index contributed by atoms with van der Waals surface area (Å²) >= 11 is 0. The SMILES string of the molecule is O=C(O)NCCC12CCC(=O)N1C(=O)CC2. The molecule has 2 rings (SSSR count). The van der Waals surface area contributed by atoms with Crippen molar-refractivity contribution < 1.29 is 19.5 Å². The van der Waals surface area contributed by atoms with E-state index in [1.807, 2.05) is 0 Å². The van der Waals surface area contributed by atoms with Crippen LogP contribution in [-0.4, -0.2) is 40.0 Å². The maximum Gasteiger partial charge on any atom is 0.404 e. The molecule has 6 nitrogen and oxygen atoms in total. The molecule has 3 amide bonds. The molecule has 0 unspecified atom stereocenters. The fourth-order valence-electron chi connectivity index (χ4n) is 2.68. The molecule has 6 heteroatoms. The zero-order chi connectivity index (χ0) is 11.8. The van der Waals surface area contributed by atoms with E-state index < -0.39 is 11.6 Å². The standard InChI is InChI=1S/C10H14N2O4/c13-7-1-3-10(5-6-11-9(15)16)4-2-8(14)12(7)10/h11H,1-6H2,(H,15,16). The lowest BCUT2D eigenvalue weighted by atomic mass is 9.90. The normalized spacial score (nSPS) is 22.4. The highest BCUT2D eigenvalue weighted by atomic mass is 16.4. The van der Waals surface area contributed by atoms with E-state index >= 15 is 0 Å². The van der Waals surface area contributed by atoms with Crippen LogP contribution in [-0.2, 0) is 9.59 Å². The number of carbonyl (C=O) groups excluding carboxylic acids is 2. The third-order valence-corrected chi connectivity index (χ3v) is 3.45. The van der Waals surface area contributed by atoms with Crippen LogP contribution < -0.4 is 5.32 Å². The first kappa shape index (κ1) is 10.9. The monoisotopic (exact) mass is 226 g/mol. The second-order valence-corrected chi connectivity index (χ2v) is 4.33. The molecule has 2 aliphatic heterocycles. The van der Waals surface area contributed by atoms with Crippen molar-refractivity contribution in [1.82, 2.24) is 10.2 Å². The van der Waals surface area contributed by atoms with E-state index in [0.717, 1.165) is 0 Å². The number of hydrogen-bond acceptors (Lipinski definition) is 3. The van der Waals surface area contributed by atoms with Gasteiger partial charge in [-0.25, -0.2) is 4.79 Å². The van der Waals surface area contributed by atoms with Crippen LogP contribution in [0.25, 0.3) is 0 Å². The van der Waals surface area contributed by atoms with E-state index in [2.05, 4.69) is 5.32 Å². The smallest absolute Gasteiger partial charge is 0.404 e. The molecule has 0 radical (unpaired) electrons. The van der Waals surface area contributed by atoms with E-state index in [-0.39, 0.29) is 18.4 Å². The molecule has 2 N–H and O–H groups in total. The summed E-state index contributed by atoms with van der Waals surface area (Å²) in [5.41, 5.74) is -0.406. The minimum absolute atomic E-state index is 0.113. The first-order chi connectivity index (χ1) is 7.55. The minimum Gasteiger partial charge on any atom is -0.465 e. The van der Waals surface area contributed by atoms with E-state index in [4.69, 9.17) is 5.11 Å². The minimum atomic E-state index is -1.07. The van der Waals surface area contributed by atoms with Crippen LogP contribution in [0, 0.1) is 0 Å². The zero-order valence-electron chi connectivity index (χ0n) is 8.86. The molecule has 0 aromatic rings. The number of hydrogen-bond donors (Lipinski definition) is 2. The topological polar surface area (TPSA) is 86.7 Å². The highest BCUT2D eigenvalue weighted by Gasteiger charge is 2.52. The second-order valence-electron chi connectivity index (χ2n) is 4.33. The highest BCUT2D eigenvalue weighted by molar-refractivity contribution is 5.99. The van der Waals surface area contributed by atoms with Crippen molar-refractivity contribution in [2.24, 2.45) is 0 Å². The summed E-state index contributed by atoms with van der Waals surface area (Å²) in [5, 5.41) is 10.7. The number of imide groups is 1. The summed E-state index contributed by atoms with van der Waals surface area (Å²) < 4.78 is 0. The van der Waals surface area contributed by atoms with Crippen LogP contribution in [0.5, 0.6) is 0 Å². The molecule has 0 bridgehead atoms. The Kier molecular flexibility index (Phi) is 2.57. The maximum atomic E-state index is 11.5. The van der Waals surface area contributed by atoms with Gasteiger partial charge in [-0.15, -0.1) is 0 Å². The van der Waals surface area contributed by atoms with Gasteiger partial charge in [-0.2, -0.15) is 0 Å². The molecule has 2 heterocycles. The van der Waals surface area contributed by atoms with Crippen molar-refractivity contribution in [3.8, 4) is 0 Å². The Balaban J connectivity index is 2.03. The van der Waals surface area contributed by atoms with Crippen molar-refractivity contribution in [2.75, 3.05) is 6.54 Å². The van der Waals surface area contributed by atoms with Crippen molar-refractivity contribution in [3.63, 3.8) is 0 Å². The van der Waals surface area contributed by atoms with Gasteiger partial charge in [-0.05, 0) is 19.3 Å². The first-order valence-electron chi connectivity index (χ1n) is 5.38. The number of carbonyl (C=O) groups is 3. The fourth-order valence-corrected chi connectivity index (χ4v) is 2.68. The molecule has 2 fully saturated rings. The number of rotatable bonds is 3. The van der Waals surface area contributed by atoms with E-state index in [9.17, 15) is 14.4 Å². The third-order valence-electron chi connectivity index (χ3n) is 3.45. The second kappa shape index (κ2) is 3.77. The van der Waals surface area contributed by atoms with Gasteiger partial charge in [0.15, 0.2) is 0 Å². The first-order valence-corrected chi connectivity index (χ1v) is 5.38. The Bertz CT molecular complexity index is 333. The van der Waals surface area contributed by atoms with Gasteiger partial charge < -0.3 is 10.4 Å². The third kappa shape index (κ3) is 1.64.